The molecule has 0 aliphatic heterocycles. The fraction of sp³-hybridized carbons (Fsp3) is 0.500. The van der Waals surface area contributed by atoms with Crippen LogP contribution in [-0.2, 0) is 20.7 Å². The number of nitrogens with zero attached hydrogens (tertiary/aromatic N) is 1. The third-order valence-corrected chi connectivity index (χ3v) is 2.04. The Bertz CT molecular complexity index is 332. The van der Waals surface area contributed by atoms with Crippen LogP contribution in [0, 0.1) is 5.92 Å². The maximum absolute atomic E-state index is 11.4. The van der Waals surface area contributed by atoms with Crippen molar-refractivity contribution in [3.63, 3.8) is 0 Å². The standard InChI is InChI=1S/C10H14N2O3/c1-3-15-10(14)9(7(2)13)6-8-4-5-11-12-8/h4-5,9H,3,6H2,1-2H3,(H,11,12). The number of aromatic nitrogens is 2. The molecule has 0 radical (unpaired) electrons. The lowest BCUT2D eigenvalue weighted by molar-refractivity contribution is -0.151. The number of esters is 1. The summed E-state index contributed by atoms with van der Waals surface area (Å²) in [6.45, 7) is 3.38. The Labute approximate surface area is 87.8 Å². The second-order valence-electron chi connectivity index (χ2n) is 3.20. The van der Waals surface area contributed by atoms with Crippen molar-refractivity contribution in [1.29, 1.82) is 0 Å². The average molecular weight is 210 g/mol. The summed E-state index contributed by atoms with van der Waals surface area (Å²) in [6, 6.07) is 1.73. The number of Topliss-reactive ketones (excluding diaryl/α,β-unsaturated/α-hetero) is 1. The molecule has 15 heavy (non-hydrogen) atoms. The Morgan fingerprint density at radius 3 is 2.80 bits per heavy atom. The molecule has 82 valence electrons. The van der Waals surface area contributed by atoms with E-state index in [1.807, 2.05) is 0 Å². The van der Waals surface area contributed by atoms with Gasteiger partial charge in [0.15, 0.2) is 0 Å². The van der Waals surface area contributed by atoms with Gasteiger partial charge in [0.2, 0.25) is 0 Å². The summed E-state index contributed by atoms with van der Waals surface area (Å²) in [6.07, 6.45) is 1.89. The van der Waals surface area contributed by atoms with E-state index in [0.717, 1.165) is 5.69 Å². The van der Waals surface area contributed by atoms with Crippen LogP contribution in [-0.4, -0.2) is 28.6 Å². The molecule has 0 saturated carbocycles. The molecule has 0 saturated heterocycles. The predicted octanol–water partition coefficient (Wildman–Crippen LogP) is 0.720. The smallest absolute Gasteiger partial charge is 0.316 e. The zero-order valence-corrected chi connectivity index (χ0v) is 8.82. The summed E-state index contributed by atoms with van der Waals surface area (Å²) >= 11 is 0. The second kappa shape index (κ2) is 5.29. The maximum atomic E-state index is 11.4. The van der Waals surface area contributed by atoms with E-state index in [2.05, 4.69) is 10.2 Å². The molecule has 1 heterocycles. The first-order valence-electron chi connectivity index (χ1n) is 4.80. The molecule has 1 rings (SSSR count). The zero-order valence-electron chi connectivity index (χ0n) is 8.82. The van der Waals surface area contributed by atoms with Crippen LogP contribution in [0.2, 0.25) is 0 Å². The lowest BCUT2D eigenvalue weighted by Gasteiger charge is -2.10. The van der Waals surface area contributed by atoms with Crippen molar-refractivity contribution in [3.8, 4) is 0 Å². The van der Waals surface area contributed by atoms with Crippen LogP contribution in [0.3, 0.4) is 0 Å². The van der Waals surface area contributed by atoms with Crippen LogP contribution < -0.4 is 0 Å². The number of hydrogen-bond acceptors (Lipinski definition) is 4. The summed E-state index contributed by atoms with van der Waals surface area (Å²) in [4.78, 5) is 22.7. The van der Waals surface area contributed by atoms with Gasteiger partial charge in [-0.15, -0.1) is 0 Å². The van der Waals surface area contributed by atoms with Gasteiger partial charge in [-0.25, -0.2) is 0 Å². The molecular weight excluding hydrogens is 196 g/mol. The van der Waals surface area contributed by atoms with Gasteiger partial charge >= 0.3 is 5.97 Å². The van der Waals surface area contributed by atoms with E-state index in [-0.39, 0.29) is 12.4 Å². The van der Waals surface area contributed by atoms with Gasteiger partial charge in [-0.3, -0.25) is 14.7 Å². The number of rotatable bonds is 5. The third-order valence-electron chi connectivity index (χ3n) is 2.04. The van der Waals surface area contributed by atoms with Crippen molar-refractivity contribution in [2.75, 3.05) is 6.61 Å². The largest absolute Gasteiger partial charge is 0.465 e. The Hall–Kier alpha value is -1.65. The van der Waals surface area contributed by atoms with Gasteiger partial charge < -0.3 is 4.74 Å². The van der Waals surface area contributed by atoms with Crippen molar-refractivity contribution < 1.29 is 14.3 Å². The van der Waals surface area contributed by atoms with Crippen LogP contribution in [0.15, 0.2) is 12.3 Å². The van der Waals surface area contributed by atoms with Crippen molar-refractivity contribution in [2.24, 2.45) is 5.92 Å². The Morgan fingerprint density at radius 1 is 1.60 bits per heavy atom. The summed E-state index contributed by atoms with van der Waals surface area (Å²) < 4.78 is 4.82. The highest BCUT2D eigenvalue weighted by molar-refractivity contribution is 5.97. The Balaban J connectivity index is 2.66. The molecule has 1 atom stereocenters. The zero-order chi connectivity index (χ0) is 11.3. The highest BCUT2D eigenvalue weighted by Gasteiger charge is 2.25. The van der Waals surface area contributed by atoms with Gasteiger partial charge in [-0.2, -0.15) is 5.10 Å². The number of nitrogens with one attached hydrogen (secondary N) is 1. The van der Waals surface area contributed by atoms with E-state index in [9.17, 15) is 9.59 Å². The van der Waals surface area contributed by atoms with Crippen molar-refractivity contribution in [1.82, 2.24) is 10.2 Å². The van der Waals surface area contributed by atoms with E-state index < -0.39 is 11.9 Å². The average Bonchev–Trinajstić information content (AvgIpc) is 2.66. The molecule has 0 aromatic carbocycles. The molecule has 1 aromatic heterocycles. The molecule has 0 amide bonds. The van der Waals surface area contributed by atoms with Crippen molar-refractivity contribution >= 4 is 11.8 Å². The second-order valence-corrected chi connectivity index (χ2v) is 3.20. The summed E-state index contributed by atoms with van der Waals surface area (Å²) in [5.41, 5.74) is 0.753. The van der Waals surface area contributed by atoms with Gasteiger partial charge in [0.25, 0.3) is 0 Å². The highest BCUT2D eigenvalue weighted by Crippen LogP contribution is 2.09. The Morgan fingerprint density at radius 2 is 2.33 bits per heavy atom. The predicted molar refractivity (Wildman–Crippen MR) is 53.1 cm³/mol. The first-order valence-corrected chi connectivity index (χ1v) is 4.80. The quantitative estimate of drug-likeness (QED) is 0.574. The normalized spacial score (nSPS) is 12.1. The van der Waals surface area contributed by atoms with E-state index in [0.29, 0.717) is 6.42 Å². The molecule has 1 N–H and O–H groups in total. The molecule has 5 heteroatoms. The van der Waals surface area contributed by atoms with E-state index in [4.69, 9.17) is 4.74 Å². The molecule has 0 aliphatic rings. The molecule has 0 aliphatic carbocycles. The molecule has 0 fully saturated rings. The first-order chi connectivity index (χ1) is 7.15. The number of ketones is 1. The van der Waals surface area contributed by atoms with Crippen LogP contribution in [0.25, 0.3) is 0 Å². The Kier molecular flexibility index (Phi) is 4.03. The summed E-state index contributed by atoms with van der Waals surface area (Å²) in [5, 5.41) is 6.46. The lowest BCUT2D eigenvalue weighted by atomic mass is 9.99. The number of H-pyrrole nitrogens is 1. The summed E-state index contributed by atoms with van der Waals surface area (Å²) in [7, 11) is 0. The number of aromatic amines is 1. The molecular formula is C10H14N2O3. The number of ether oxygens (including phenoxy) is 1. The molecule has 5 nitrogen and oxygen atoms in total. The van der Waals surface area contributed by atoms with Gasteiger partial charge in [-0.05, 0) is 19.9 Å². The van der Waals surface area contributed by atoms with Crippen molar-refractivity contribution in [2.45, 2.75) is 20.3 Å². The minimum atomic E-state index is -0.731. The summed E-state index contributed by atoms with van der Waals surface area (Å²) in [5.74, 6) is -1.40. The maximum Gasteiger partial charge on any atom is 0.316 e. The lowest BCUT2D eigenvalue weighted by Crippen LogP contribution is -2.26. The number of carbonyl (C=O) groups is 2. The minimum Gasteiger partial charge on any atom is -0.465 e. The molecule has 0 spiro atoms. The fourth-order valence-corrected chi connectivity index (χ4v) is 1.25. The fourth-order valence-electron chi connectivity index (χ4n) is 1.25. The van der Waals surface area contributed by atoms with Gasteiger partial charge in [-0.1, -0.05) is 0 Å². The first kappa shape index (κ1) is 11.4. The monoisotopic (exact) mass is 210 g/mol. The van der Waals surface area contributed by atoms with E-state index >= 15 is 0 Å². The van der Waals surface area contributed by atoms with Crippen LogP contribution in [0.5, 0.6) is 0 Å². The van der Waals surface area contributed by atoms with Crippen LogP contribution in [0.4, 0.5) is 0 Å². The molecule has 0 bridgehead atoms. The van der Waals surface area contributed by atoms with E-state index in [1.165, 1.54) is 6.92 Å². The number of hydrogen-bond donors (Lipinski definition) is 1. The van der Waals surface area contributed by atoms with Crippen LogP contribution in [0.1, 0.15) is 19.5 Å². The third kappa shape index (κ3) is 3.19. The van der Waals surface area contributed by atoms with Crippen molar-refractivity contribution in [3.05, 3.63) is 18.0 Å². The van der Waals surface area contributed by atoms with Crippen LogP contribution >= 0.6 is 0 Å². The van der Waals surface area contributed by atoms with E-state index in [1.54, 1.807) is 19.2 Å². The van der Waals surface area contributed by atoms with Gasteiger partial charge in [0.05, 0.1) is 6.61 Å². The highest BCUT2D eigenvalue weighted by atomic mass is 16.5. The molecule has 1 unspecified atom stereocenters. The van der Waals surface area contributed by atoms with Gasteiger partial charge in [0, 0.05) is 18.3 Å². The SMILES string of the molecule is CCOC(=O)C(Cc1ccn[nH]1)C(C)=O. The molecule has 1 aromatic rings. The minimum absolute atomic E-state index is 0.192. The van der Waals surface area contributed by atoms with Gasteiger partial charge in [0.1, 0.15) is 11.7 Å². The topological polar surface area (TPSA) is 72.0 Å². The number of carbonyl (C=O) groups excluding carboxylic acids is 2.